The Morgan fingerprint density at radius 1 is 1.32 bits per heavy atom. The van der Waals surface area contributed by atoms with E-state index in [1.807, 2.05) is 7.05 Å². The molecule has 5 heteroatoms. The van der Waals surface area contributed by atoms with E-state index in [4.69, 9.17) is 9.47 Å². The van der Waals surface area contributed by atoms with Crippen molar-refractivity contribution in [1.29, 1.82) is 0 Å². The molecule has 1 N–H and O–H groups in total. The largest absolute Gasteiger partial charge is 0.379 e. The summed E-state index contributed by atoms with van der Waals surface area (Å²) in [6.07, 6.45) is 4.99. The van der Waals surface area contributed by atoms with Gasteiger partial charge in [-0.1, -0.05) is 13.8 Å². The molecule has 0 aromatic heterocycles. The van der Waals surface area contributed by atoms with Gasteiger partial charge in [0.05, 0.1) is 12.7 Å². The molecule has 0 bridgehead atoms. The number of hydrogen-bond acceptors (Lipinski definition) is 3. The van der Waals surface area contributed by atoms with Crippen LogP contribution in [0.1, 0.15) is 39.5 Å². The molecule has 0 spiro atoms. The minimum atomic E-state index is 0.331. The van der Waals surface area contributed by atoms with Crippen LogP contribution in [-0.2, 0) is 9.47 Å². The molecule has 2 fully saturated rings. The third-order valence-electron chi connectivity index (χ3n) is 4.46. The van der Waals surface area contributed by atoms with Crippen LogP contribution in [0.5, 0.6) is 0 Å². The van der Waals surface area contributed by atoms with Crippen molar-refractivity contribution in [2.24, 2.45) is 16.8 Å². The molecule has 0 radical (unpaired) electrons. The van der Waals surface area contributed by atoms with E-state index in [1.165, 1.54) is 12.8 Å². The second-order valence-electron chi connectivity index (χ2n) is 6.89. The molecule has 5 nitrogen and oxygen atoms in total. The zero-order chi connectivity index (χ0) is 15.8. The van der Waals surface area contributed by atoms with Crippen molar-refractivity contribution in [3.63, 3.8) is 0 Å². The molecule has 0 aromatic rings. The number of aliphatic imine (C=N–C) groups is 1. The Balaban J connectivity index is 1.58. The average molecular weight is 311 g/mol. The van der Waals surface area contributed by atoms with Crippen LogP contribution in [0.4, 0.5) is 0 Å². The summed E-state index contributed by atoms with van der Waals surface area (Å²) in [5, 5.41) is 3.47. The SMILES string of the molecule is CN=C(NCCCOCC1CCCO1)N1CC(C)CC(C)C1. The van der Waals surface area contributed by atoms with E-state index in [0.29, 0.717) is 6.10 Å². The predicted octanol–water partition coefficient (Wildman–Crippen LogP) is 2.13. The second-order valence-corrected chi connectivity index (χ2v) is 6.89. The summed E-state index contributed by atoms with van der Waals surface area (Å²) in [6.45, 7) is 10.2. The maximum atomic E-state index is 5.69. The molecule has 2 rings (SSSR count). The van der Waals surface area contributed by atoms with Crippen molar-refractivity contribution in [3.05, 3.63) is 0 Å². The molecule has 128 valence electrons. The van der Waals surface area contributed by atoms with Crippen LogP contribution in [0, 0.1) is 11.8 Å². The van der Waals surface area contributed by atoms with Crippen LogP contribution >= 0.6 is 0 Å². The van der Waals surface area contributed by atoms with E-state index in [9.17, 15) is 0 Å². The van der Waals surface area contributed by atoms with E-state index in [-0.39, 0.29) is 0 Å². The molecule has 0 amide bonds. The molecule has 3 unspecified atom stereocenters. The van der Waals surface area contributed by atoms with Crippen LogP contribution in [0.15, 0.2) is 4.99 Å². The van der Waals surface area contributed by atoms with E-state index in [1.54, 1.807) is 0 Å². The van der Waals surface area contributed by atoms with E-state index in [0.717, 1.165) is 70.1 Å². The molecule has 2 heterocycles. The van der Waals surface area contributed by atoms with E-state index < -0.39 is 0 Å². The third kappa shape index (κ3) is 5.76. The van der Waals surface area contributed by atoms with E-state index >= 15 is 0 Å². The Labute approximate surface area is 135 Å². The zero-order valence-electron chi connectivity index (χ0n) is 14.5. The van der Waals surface area contributed by atoms with Crippen LogP contribution in [0.2, 0.25) is 0 Å². The molecule has 0 aliphatic carbocycles. The first kappa shape index (κ1) is 17.5. The maximum Gasteiger partial charge on any atom is 0.193 e. The Bertz CT molecular complexity index is 333. The fourth-order valence-corrected chi connectivity index (χ4v) is 3.53. The first-order valence-electron chi connectivity index (χ1n) is 8.84. The lowest BCUT2D eigenvalue weighted by molar-refractivity contribution is 0.0168. The molecule has 2 aliphatic rings. The normalized spacial score (nSPS) is 29.9. The molecule has 2 aliphatic heterocycles. The highest BCUT2D eigenvalue weighted by atomic mass is 16.5. The van der Waals surface area contributed by atoms with Gasteiger partial charge in [-0.3, -0.25) is 4.99 Å². The number of hydrogen-bond donors (Lipinski definition) is 1. The van der Waals surface area contributed by atoms with Crippen molar-refractivity contribution in [1.82, 2.24) is 10.2 Å². The topological polar surface area (TPSA) is 46.1 Å². The van der Waals surface area contributed by atoms with Gasteiger partial charge in [-0.2, -0.15) is 0 Å². The first-order chi connectivity index (χ1) is 10.7. The van der Waals surface area contributed by atoms with Crippen molar-refractivity contribution in [2.75, 3.05) is 46.5 Å². The van der Waals surface area contributed by atoms with Crippen LogP contribution in [-0.4, -0.2) is 63.5 Å². The molecule has 0 saturated carbocycles. The van der Waals surface area contributed by atoms with Crippen molar-refractivity contribution in [3.8, 4) is 0 Å². The van der Waals surface area contributed by atoms with Gasteiger partial charge in [0.25, 0.3) is 0 Å². The number of nitrogens with zero attached hydrogens (tertiary/aromatic N) is 2. The number of piperidine rings is 1. The molecule has 0 aromatic carbocycles. The van der Waals surface area contributed by atoms with Crippen LogP contribution in [0.3, 0.4) is 0 Å². The first-order valence-corrected chi connectivity index (χ1v) is 8.84. The van der Waals surface area contributed by atoms with Gasteiger partial charge in [0.15, 0.2) is 5.96 Å². The number of likely N-dealkylation sites (tertiary alicyclic amines) is 1. The van der Waals surface area contributed by atoms with Gasteiger partial charge in [0.1, 0.15) is 0 Å². The molecular formula is C17H33N3O2. The standard InChI is InChI=1S/C17H33N3O2/c1-14-10-15(2)12-20(11-14)17(18-3)19-7-5-8-21-13-16-6-4-9-22-16/h14-16H,4-13H2,1-3H3,(H,18,19). The third-order valence-corrected chi connectivity index (χ3v) is 4.46. The Hall–Kier alpha value is -0.810. The van der Waals surface area contributed by atoms with Gasteiger partial charge < -0.3 is 19.7 Å². The monoisotopic (exact) mass is 311 g/mol. The summed E-state index contributed by atoms with van der Waals surface area (Å²) >= 11 is 0. The second kappa shape index (κ2) is 9.36. The summed E-state index contributed by atoms with van der Waals surface area (Å²) < 4.78 is 11.2. The highest BCUT2D eigenvalue weighted by molar-refractivity contribution is 5.79. The average Bonchev–Trinajstić information content (AvgIpc) is 2.98. The van der Waals surface area contributed by atoms with Gasteiger partial charge in [0.2, 0.25) is 0 Å². The van der Waals surface area contributed by atoms with E-state index in [2.05, 4.69) is 29.1 Å². The summed E-state index contributed by atoms with van der Waals surface area (Å²) in [5.41, 5.74) is 0. The quantitative estimate of drug-likeness (QED) is 0.464. The smallest absolute Gasteiger partial charge is 0.193 e. The fraction of sp³-hybridized carbons (Fsp3) is 0.941. The van der Waals surface area contributed by atoms with Gasteiger partial charge in [-0.15, -0.1) is 0 Å². The van der Waals surface area contributed by atoms with Gasteiger partial charge in [-0.25, -0.2) is 0 Å². The summed E-state index contributed by atoms with van der Waals surface area (Å²) in [5.74, 6) is 2.53. The molecule has 22 heavy (non-hydrogen) atoms. The lowest BCUT2D eigenvalue weighted by Crippen LogP contribution is -2.48. The molecule has 3 atom stereocenters. The molecule has 2 saturated heterocycles. The predicted molar refractivity (Wildman–Crippen MR) is 90.3 cm³/mol. The van der Waals surface area contributed by atoms with Crippen molar-refractivity contribution in [2.45, 2.75) is 45.6 Å². The zero-order valence-corrected chi connectivity index (χ0v) is 14.5. The lowest BCUT2D eigenvalue weighted by Gasteiger charge is -2.37. The van der Waals surface area contributed by atoms with Crippen LogP contribution < -0.4 is 5.32 Å². The number of ether oxygens (including phenoxy) is 2. The Kier molecular flexibility index (Phi) is 7.46. The van der Waals surface area contributed by atoms with Crippen molar-refractivity contribution >= 4 is 5.96 Å². The summed E-state index contributed by atoms with van der Waals surface area (Å²) in [7, 11) is 1.88. The number of rotatable bonds is 6. The number of nitrogens with one attached hydrogen (secondary N) is 1. The summed E-state index contributed by atoms with van der Waals surface area (Å²) in [6, 6.07) is 0. The molecular weight excluding hydrogens is 278 g/mol. The Morgan fingerprint density at radius 3 is 2.73 bits per heavy atom. The summed E-state index contributed by atoms with van der Waals surface area (Å²) in [4.78, 5) is 6.83. The number of guanidine groups is 1. The van der Waals surface area contributed by atoms with Crippen LogP contribution in [0.25, 0.3) is 0 Å². The minimum absolute atomic E-state index is 0.331. The van der Waals surface area contributed by atoms with Gasteiger partial charge in [0, 0.05) is 39.9 Å². The van der Waals surface area contributed by atoms with Gasteiger partial charge in [-0.05, 0) is 37.5 Å². The fourth-order valence-electron chi connectivity index (χ4n) is 3.53. The van der Waals surface area contributed by atoms with Crippen molar-refractivity contribution < 1.29 is 9.47 Å². The Morgan fingerprint density at radius 2 is 2.09 bits per heavy atom. The lowest BCUT2D eigenvalue weighted by atomic mass is 9.92. The maximum absolute atomic E-state index is 5.69. The highest BCUT2D eigenvalue weighted by Gasteiger charge is 2.23. The highest BCUT2D eigenvalue weighted by Crippen LogP contribution is 2.20. The van der Waals surface area contributed by atoms with Gasteiger partial charge >= 0.3 is 0 Å². The minimum Gasteiger partial charge on any atom is -0.379 e.